The molecule has 0 saturated carbocycles. The molecule has 4 heterocycles. The maximum absolute atomic E-state index is 13.5. The van der Waals surface area contributed by atoms with E-state index in [1.54, 1.807) is 38.1 Å². The van der Waals surface area contributed by atoms with Crippen molar-refractivity contribution in [3.05, 3.63) is 86.7 Å². The van der Waals surface area contributed by atoms with Crippen molar-refractivity contribution in [2.75, 3.05) is 22.5 Å². The minimum atomic E-state index is -1.15. The van der Waals surface area contributed by atoms with E-state index in [0.717, 1.165) is 10.8 Å². The van der Waals surface area contributed by atoms with Gasteiger partial charge in [-0.3, -0.25) is 38.9 Å². The van der Waals surface area contributed by atoms with Crippen LogP contribution in [-0.2, 0) is 32.5 Å². The molecule has 47 heavy (non-hydrogen) atoms. The van der Waals surface area contributed by atoms with Crippen LogP contribution in [0.1, 0.15) is 44.3 Å². The summed E-state index contributed by atoms with van der Waals surface area (Å²) in [7, 11) is 4.86. The molecule has 4 amide bonds. The van der Waals surface area contributed by atoms with Crippen LogP contribution in [0.2, 0.25) is 0 Å². The van der Waals surface area contributed by atoms with Gasteiger partial charge >= 0.3 is 5.69 Å². The van der Waals surface area contributed by atoms with Crippen LogP contribution in [0, 0.1) is 11.2 Å². The predicted molar refractivity (Wildman–Crippen MR) is 173 cm³/mol. The third kappa shape index (κ3) is 8.85. The first-order chi connectivity index (χ1) is 21.7. The lowest BCUT2D eigenvalue weighted by Crippen LogP contribution is -2.32. The first-order valence-corrected chi connectivity index (χ1v) is 13.7. The van der Waals surface area contributed by atoms with Crippen molar-refractivity contribution >= 4 is 58.9 Å². The lowest BCUT2D eigenvalue weighted by molar-refractivity contribution is -0.116. The number of amidine groups is 1. The zero-order valence-electron chi connectivity index (χ0n) is 25.5. The second-order valence-corrected chi connectivity index (χ2v) is 10.3. The summed E-state index contributed by atoms with van der Waals surface area (Å²) in [6, 6.07) is 4.40. The summed E-state index contributed by atoms with van der Waals surface area (Å²) < 4.78 is 18.9. The molecule has 0 unspecified atom stereocenters. The molecule has 0 radical (unpaired) electrons. The Morgan fingerprint density at radius 3 is 1.74 bits per heavy atom. The number of aromatic amines is 1. The summed E-state index contributed by atoms with van der Waals surface area (Å²) in [6.45, 7) is 0.00919. The maximum Gasteiger partial charge on any atom is 0.328 e. The molecule has 4 aromatic rings. The van der Waals surface area contributed by atoms with E-state index in [0.29, 0.717) is 17.1 Å². The van der Waals surface area contributed by atoms with E-state index in [-0.39, 0.29) is 61.3 Å². The number of carbonyl (C=O) groups excluding carboxylic acids is 4. The van der Waals surface area contributed by atoms with Crippen LogP contribution in [0.4, 0.5) is 21.5 Å². The van der Waals surface area contributed by atoms with E-state index < -0.39 is 40.7 Å². The molecule has 19 heteroatoms. The van der Waals surface area contributed by atoms with Gasteiger partial charge in [0.15, 0.2) is 0 Å². The van der Waals surface area contributed by atoms with E-state index in [4.69, 9.17) is 11.1 Å². The first-order valence-electron chi connectivity index (χ1n) is 13.7. The molecule has 0 spiro atoms. The highest BCUT2D eigenvalue weighted by molar-refractivity contribution is 6.07. The molecule has 0 aliphatic carbocycles. The first kappa shape index (κ1) is 35.6. The van der Waals surface area contributed by atoms with Gasteiger partial charge in [-0.1, -0.05) is 0 Å². The van der Waals surface area contributed by atoms with Crippen LogP contribution in [0.25, 0.3) is 0 Å². The molecule has 17 nitrogen and oxygen atoms in total. The Morgan fingerprint density at radius 2 is 1.26 bits per heavy atom. The lowest BCUT2D eigenvalue weighted by atomic mass is 10.3. The predicted octanol–water partition coefficient (Wildman–Crippen LogP) is 0.702. The SMILES string of the molecule is Cl.Cn1cc(NC(=O)c2cc(NC(=O)c3cc(NC(=O)CCn4cc(F)c(=O)[nH]c4=O)cn3C)cn2C)cc1C(=O)NCCC(=N)N. The number of nitrogens with two attached hydrogens (primary N) is 1. The number of aromatic nitrogens is 5. The van der Waals surface area contributed by atoms with E-state index in [2.05, 4.69) is 21.3 Å². The van der Waals surface area contributed by atoms with Gasteiger partial charge in [-0.15, -0.1) is 12.4 Å². The fourth-order valence-electron chi connectivity index (χ4n) is 4.46. The highest BCUT2D eigenvalue weighted by Crippen LogP contribution is 2.20. The Morgan fingerprint density at radius 1 is 0.787 bits per heavy atom. The van der Waals surface area contributed by atoms with Crippen molar-refractivity contribution < 1.29 is 23.6 Å². The second kappa shape index (κ2) is 14.9. The summed E-state index contributed by atoms with van der Waals surface area (Å²) in [5, 5.41) is 17.9. The number of nitrogens with zero attached hydrogens (tertiary/aromatic N) is 4. The van der Waals surface area contributed by atoms with Gasteiger partial charge in [0.2, 0.25) is 11.7 Å². The molecule has 8 N–H and O–H groups in total. The lowest BCUT2D eigenvalue weighted by Gasteiger charge is -2.05. The van der Waals surface area contributed by atoms with Gasteiger partial charge < -0.3 is 40.7 Å². The summed E-state index contributed by atoms with van der Waals surface area (Å²) in [5.41, 5.74) is 4.97. The number of hydrogen-bond acceptors (Lipinski definition) is 7. The summed E-state index contributed by atoms with van der Waals surface area (Å²) in [4.78, 5) is 75.6. The van der Waals surface area contributed by atoms with Crippen molar-refractivity contribution in [1.82, 2.24) is 28.6 Å². The third-order valence-corrected chi connectivity index (χ3v) is 6.74. The molecule has 0 atom stereocenters. The standard InChI is InChI=1S/C28H32FN11O6.ClH/c1-37-12-16(9-19(37)25(43)32-6-4-22(30)31)34-27(45)21-10-17(13-39(21)3)35-26(44)20-8-15(11-38(20)2)33-23(41)5-7-40-14-18(29)24(42)36-28(40)46;/h8-14H,4-7H2,1-3H3,(H3,30,31)(H,32,43)(H,33,41)(H,34,45)(H,35,44)(H,36,42,46);1H. The molecule has 0 aliphatic rings. The topological polar surface area (TPSA) is 236 Å². The molecule has 0 saturated heterocycles. The van der Waals surface area contributed by atoms with Crippen molar-refractivity contribution in [2.24, 2.45) is 26.9 Å². The number of anilines is 3. The van der Waals surface area contributed by atoms with Crippen LogP contribution >= 0.6 is 12.4 Å². The second-order valence-electron chi connectivity index (χ2n) is 10.3. The molecule has 0 aliphatic heterocycles. The molecule has 0 fully saturated rings. The Bertz CT molecular complexity index is 1970. The number of nitrogens with one attached hydrogen (secondary N) is 6. The van der Waals surface area contributed by atoms with Crippen LogP contribution in [0.5, 0.6) is 0 Å². The zero-order chi connectivity index (χ0) is 33.7. The molecular formula is C28H33ClFN11O6. The van der Waals surface area contributed by atoms with Crippen molar-refractivity contribution in [3.63, 3.8) is 0 Å². The van der Waals surface area contributed by atoms with Gasteiger partial charge in [0.1, 0.15) is 17.1 Å². The number of rotatable bonds is 12. The van der Waals surface area contributed by atoms with E-state index in [1.165, 1.54) is 33.5 Å². The Kier molecular flexibility index (Phi) is 11.3. The Labute approximate surface area is 271 Å². The largest absolute Gasteiger partial charge is 0.388 e. The highest BCUT2D eigenvalue weighted by atomic mass is 35.5. The molecule has 4 aromatic heterocycles. The number of amides is 4. The van der Waals surface area contributed by atoms with Crippen molar-refractivity contribution in [3.8, 4) is 0 Å². The van der Waals surface area contributed by atoms with Crippen LogP contribution < -0.4 is 38.2 Å². The molecule has 0 bridgehead atoms. The van der Waals surface area contributed by atoms with Crippen molar-refractivity contribution in [1.29, 1.82) is 5.41 Å². The third-order valence-electron chi connectivity index (χ3n) is 6.74. The van der Waals surface area contributed by atoms with Crippen LogP contribution in [0.15, 0.2) is 52.6 Å². The number of aryl methyl sites for hydroxylation is 4. The minimum absolute atomic E-state index is 0. The summed E-state index contributed by atoms with van der Waals surface area (Å²) in [5.74, 6) is -3.13. The van der Waals surface area contributed by atoms with Gasteiger partial charge in [0, 0.05) is 65.7 Å². The van der Waals surface area contributed by atoms with Crippen LogP contribution in [0.3, 0.4) is 0 Å². The fourth-order valence-corrected chi connectivity index (χ4v) is 4.46. The Balaban J connectivity index is 0.00000600. The normalized spacial score (nSPS) is 10.6. The molecule has 4 rings (SSSR count). The zero-order valence-corrected chi connectivity index (χ0v) is 26.3. The van der Waals surface area contributed by atoms with Crippen molar-refractivity contribution in [2.45, 2.75) is 19.4 Å². The number of hydrogen-bond donors (Lipinski definition) is 7. The summed E-state index contributed by atoms with van der Waals surface area (Å²) >= 11 is 0. The average Bonchev–Trinajstić information content (AvgIpc) is 3.65. The van der Waals surface area contributed by atoms with Gasteiger partial charge in [-0.2, -0.15) is 4.39 Å². The van der Waals surface area contributed by atoms with E-state index in [9.17, 15) is 33.2 Å². The molecular weight excluding hydrogens is 641 g/mol. The maximum atomic E-state index is 13.5. The van der Waals surface area contributed by atoms with Gasteiger partial charge in [0.25, 0.3) is 23.3 Å². The summed E-state index contributed by atoms with van der Waals surface area (Å²) in [6.07, 6.45) is 5.33. The average molecular weight is 674 g/mol. The highest BCUT2D eigenvalue weighted by Gasteiger charge is 2.19. The number of carbonyl (C=O) groups is 4. The van der Waals surface area contributed by atoms with E-state index >= 15 is 0 Å². The van der Waals surface area contributed by atoms with E-state index in [1.807, 2.05) is 4.98 Å². The molecule has 250 valence electrons. The number of H-pyrrole nitrogens is 1. The number of halogens is 2. The minimum Gasteiger partial charge on any atom is -0.388 e. The van der Waals surface area contributed by atoms with Gasteiger partial charge in [0.05, 0.1) is 29.1 Å². The molecule has 0 aromatic carbocycles. The smallest absolute Gasteiger partial charge is 0.328 e. The van der Waals surface area contributed by atoms with Gasteiger partial charge in [-0.05, 0) is 18.2 Å². The monoisotopic (exact) mass is 673 g/mol. The van der Waals surface area contributed by atoms with Crippen LogP contribution in [-0.4, -0.2) is 59.3 Å². The quantitative estimate of drug-likeness (QED) is 0.0839. The fraction of sp³-hybridized carbons (Fsp3) is 0.250. The van der Waals surface area contributed by atoms with Gasteiger partial charge in [-0.25, -0.2) is 4.79 Å². The Hall–Kier alpha value is -5.91.